The van der Waals surface area contributed by atoms with Gasteiger partial charge in [0.25, 0.3) is 0 Å². The topological polar surface area (TPSA) is 74.1 Å². The van der Waals surface area contributed by atoms with Crippen molar-refractivity contribution >= 4 is 5.69 Å². The molecule has 7 nitrogen and oxygen atoms in total. The average Bonchev–Trinajstić information content (AvgIpc) is 3.06. The van der Waals surface area contributed by atoms with Crippen molar-refractivity contribution in [2.75, 3.05) is 12.4 Å². The third-order valence-electron chi connectivity index (χ3n) is 3.80. The number of nitrogens with zero attached hydrogens (tertiary/aromatic N) is 4. The van der Waals surface area contributed by atoms with Gasteiger partial charge in [-0.05, 0) is 67.1 Å². The van der Waals surface area contributed by atoms with Crippen molar-refractivity contribution in [3.63, 3.8) is 0 Å². The summed E-state index contributed by atoms with van der Waals surface area (Å²) < 4.78 is 12.9. The Bertz CT molecular complexity index is 876. The molecule has 1 aromatic heterocycles. The number of nitrogens with one attached hydrogen (secondary N) is 1. The number of hydrogen-bond donors (Lipinski definition) is 1. The second-order valence-electron chi connectivity index (χ2n) is 6.19. The van der Waals surface area contributed by atoms with Crippen LogP contribution >= 0.6 is 0 Å². The number of rotatable bonds is 7. The maximum Gasteiger partial charge on any atom is 0.161 e. The molecule has 136 valence electrons. The summed E-state index contributed by atoms with van der Waals surface area (Å²) in [5.74, 6) is 2.23. The second kappa shape index (κ2) is 7.86. The third kappa shape index (κ3) is 4.11. The van der Waals surface area contributed by atoms with Crippen LogP contribution in [0, 0.1) is 6.92 Å². The standard InChI is InChI=1S/C19H23N5O2/c1-13(2)26-18-9-8-15(10-19(18)25-4)12-20-16-6-5-7-17(11-16)24-14(3)21-22-23-24/h5-11,13,20H,12H2,1-4H3. The van der Waals surface area contributed by atoms with Crippen molar-refractivity contribution in [3.8, 4) is 17.2 Å². The maximum absolute atomic E-state index is 5.76. The van der Waals surface area contributed by atoms with Crippen molar-refractivity contribution < 1.29 is 9.47 Å². The minimum absolute atomic E-state index is 0.102. The zero-order chi connectivity index (χ0) is 18.5. The number of anilines is 1. The van der Waals surface area contributed by atoms with Crippen LogP contribution in [0.5, 0.6) is 11.5 Å². The Labute approximate surface area is 152 Å². The molecule has 0 spiro atoms. The maximum atomic E-state index is 5.76. The molecular weight excluding hydrogens is 330 g/mol. The Kier molecular flexibility index (Phi) is 5.36. The predicted octanol–water partition coefficient (Wildman–Crippen LogP) is 3.38. The summed E-state index contributed by atoms with van der Waals surface area (Å²) in [5.41, 5.74) is 3.00. The molecule has 0 atom stereocenters. The highest BCUT2D eigenvalue weighted by Crippen LogP contribution is 2.29. The molecular formula is C19H23N5O2. The summed E-state index contributed by atoms with van der Waals surface area (Å²) in [6.07, 6.45) is 0.102. The molecule has 0 aliphatic heterocycles. The van der Waals surface area contributed by atoms with Crippen LogP contribution < -0.4 is 14.8 Å². The molecule has 0 radical (unpaired) electrons. The van der Waals surface area contributed by atoms with Crippen molar-refractivity contribution in [2.24, 2.45) is 0 Å². The molecule has 0 saturated heterocycles. The zero-order valence-corrected chi connectivity index (χ0v) is 15.4. The summed E-state index contributed by atoms with van der Waals surface area (Å²) in [6.45, 7) is 6.52. The van der Waals surface area contributed by atoms with Gasteiger partial charge in [0.05, 0.1) is 18.9 Å². The number of methoxy groups -OCH3 is 1. The lowest BCUT2D eigenvalue weighted by molar-refractivity contribution is 0.230. The van der Waals surface area contributed by atoms with E-state index >= 15 is 0 Å². The van der Waals surface area contributed by atoms with Crippen molar-refractivity contribution in [1.29, 1.82) is 0 Å². The number of aryl methyl sites for hydroxylation is 1. The molecule has 26 heavy (non-hydrogen) atoms. The van der Waals surface area contributed by atoms with E-state index in [9.17, 15) is 0 Å². The quantitative estimate of drug-likeness (QED) is 0.702. The average molecular weight is 353 g/mol. The van der Waals surface area contributed by atoms with Crippen LogP contribution in [0.4, 0.5) is 5.69 Å². The van der Waals surface area contributed by atoms with Crippen LogP contribution in [0.2, 0.25) is 0 Å². The van der Waals surface area contributed by atoms with Crippen LogP contribution in [-0.4, -0.2) is 33.4 Å². The lowest BCUT2D eigenvalue weighted by Crippen LogP contribution is -2.07. The van der Waals surface area contributed by atoms with Crippen molar-refractivity contribution in [1.82, 2.24) is 20.2 Å². The van der Waals surface area contributed by atoms with Gasteiger partial charge in [0.15, 0.2) is 17.3 Å². The highest BCUT2D eigenvalue weighted by atomic mass is 16.5. The van der Waals surface area contributed by atoms with E-state index in [1.807, 2.05) is 63.2 Å². The lowest BCUT2D eigenvalue weighted by atomic mass is 10.2. The van der Waals surface area contributed by atoms with Gasteiger partial charge in [-0.1, -0.05) is 12.1 Å². The van der Waals surface area contributed by atoms with Crippen LogP contribution in [0.1, 0.15) is 25.2 Å². The Morgan fingerprint density at radius 2 is 1.96 bits per heavy atom. The Hall–Kier alpha value is -3.09. The van der Waals surface area contributed by atoms with Gasteiger partial charge in [-0.25, -0.2) is 0 Å². The van der Waals surface area contributed by atoms with E-state index < -0.39 is 0 Å². The van der Waals surface area contributed by atoms with Gasteiger partial charge in [-0.15, -0.1) is 5.10 Å². The van der Waals surface area contributed by atoms with Gasteiger partial charge in [0, 0.05) is 12.2 Å². The van der Waals surface area contributed by atoms with Gasteiger partial charge in [-0.2, -0.15) is 4.68 Å². The van der Waals surface area contributed by atoms with E-state index in [1.165, 1.54) is 0 Å². The zero-order valence-electron chi connectivity index (χ0n) is 15.4. The molecule has 0 aliphatic carbocycles. The molecule has 1 heterocycles. The van der Waals surface area contributed by atoms with E-state index in [-0.39, 0.29) is 6.10 Å². The SMILES string of the molecule is COc1cc(CNc2cccc(-n3nnnc3C)c2)ccc1OC(C)C. The molecule has 0 aliphatic rings. The van der Waals surface area contributed by atoms with Crippen molar-refractivity contribution in [3.05, 3.63) is 53.9 Å². The fourth-order valence-electron chi connectivity index (χ4n) is 2.60. The second-order valence-corrected chi connectivity index (χ2v) is 6.19. The van der Waals surface area contributed by atoms with Crippen LogP contribution in [0.25, 0.3) is 5.69 Å². The summed E-state index contributed by atoms with van der Waals surface area (Å²) in [5, 5.41) is 15.0. The monoisotopic (exact) mass is 353 g/mol. The number of tetrazole rings is 1. The Balaban J connectivity index is 1.72. The summed E-state index contributed by atoms with van der Waals surface area (Å²) in [6, 6.07) is 13.9. The highest BCUT2D eigenvalue weighted by molar-refractivity contribution is 5.52. The van der Waals surface area contributed by atoms with Crippen molar-refractivity contribution in [2.45, 2.75) is 33.4 Å². The van der Waals surface area contributed by atoms with E-state index in [0.29, 0.717) is 6.54 Å². The van der Waals surface area contributed by atoms with Gasteiger partial charge in [0.2, 0.25) is 0 Å². The largest absolute Gasteiger partial charge is 0.493 e. The molecule has 0 fully saturated rings. The number of benzene rings is 2. The molecule has 7 heteroatoms. The Morgan fingerprint density at radius 3 is 2.65 bits per heavy atom. The Morgan fingerprint density at radius 1 is 1.12 bits per heavy atom. The van der Waals surface area contributed by atoms with E-state index in [1.54, 1.807) is 11.8 Å². The predicted molar refractivity (Wildman–Crippen MR) is 100.0 cm³/mol. The lowest BCUT2D eigenvalue weighted by Gasteiger charge is -2.15. The first-order valence-corrected chi connectivity index (χ1v) is 8.49. The fraction of sp³-hybridized carbons (Fsp3) is 0.316. The van der Waals surface area contributed by atoms with Gasteiger partial charge < -0.3 is 14.8 Å². The molecule has 1 N–H and O–H groups in total. The minimum Gasteiger partial charge on any atom is -0.493 e. The van der Waals surface area contributed by atoms with E-state index in [0.717, 1.165) is 34.3 Å². The first kappa shape index (κ1) is 17.7. The summed E-state index contributed by atoms with van der Waals surface area (Å²) in [7, 11) is 1.65. The normalized spacial score (nSPS) is 10.8. The molecule has 0 bridgehead atoms. The number of ether oxygens (including phenoxy) is 2. The van der Waals surface area contributed by atoms with Gasteiger partial charge in [0.1, 0.15) is 0 Å². The molecule has 0 unspecified atom stereocenters. The minimum atomic E-state index is 0.102. The molecule has 3 rings (SSSR count). The van der Waals surface area contributed by atoms with E-state index in [4.69, 9.17) is 9.47 Å². The summed E-state index contributed by atoms with van der Waals surface area (Å²) in [4.78, 5) is 0. The first-order valence-electron chi connectivity index (χ1n) is 8.49. The number of hydrogen-bond acceptors (Lipinski definition) is 6. The van der Waals surface area contributed by atoms with E-state index in [2.05, 4.69) is 20.8 Å². The van der Waals surface area contributed by atoms with Gasteiger partial charge >= 0.3 is 0 Å². The fourth-order valence-corrected chi connectivity index (χ4v) is 2.60. The third-order valence-corrected chi connectivity index (χ3v) is 3.80. The van der Waals surface area contributed by atoms with Crippen LogP contribution in [0.15, 0.2) is 42.5 Å². The smallest absolute Gasteiger partial charge is 0.161 e. The number of aromatic nitrogens is 4. The van der Waals surface area contributed by atoms with Gasteiger partial charge in [-0.3, -0.25) is 0 Å². The first-order chi connectivity index (χ1) is 12.6. The highest BCUT2D eigenvalue weighted by Gasteiger charge is 2.08. The molecule has 0 saturated carbocycles. The molecule has 2 aromatic carbocycles. The van der Waals surface area contributed by atoms with Crippen LogP contribution in [0.3, 0.4) is 0 Å². The molecule has 0 amide bonds. The summed E-state index contributed by atoms with van der Waals surface area (Å²) >= 11 is 0. The van der Waals surface area contributed by atoms with Crippen LogP contribution in [-0.2, 0) is 6.54 Å². The molecule has 3 aromatic rings.